The molecule has 0 rings (SSSR count). The first-order chi connectivity index (χ1) is 36.5. The third kappa shape index (κ3) is 58.2. The number of phosphoric acid groups is 1. The molecule has 0 aliphatic rings. The van der Waals surface area contributed by atoms with E-state index < -0.39 is 20.0 Å². The number of nitrogens with zero attached hydrogens (tertiary/aromatic N) is 1. The Hall–Kier alpha value is -3.36. The summed E-state index contributed by atoms with van der Waals surface area (Å²) in [5, 5.41) is 13.9. The topological polar surface area (TPSA) is 105 Å². The van der Waals surface area contributed by atoms with Gasteiger partial charge in [-0.1, -0.05) is 250 Å². The van der Waals surface area contributed by atoms with Gasteiger partial charge in [-0.2, -0.15) is 0 Å². The lowest BCUT2D eigenvalue weighted by molar-refractivity contribution is -0.870. The fourth-order valence-corrected chi connectivity index (χ4v) is 8.67. The van der Waals surface area contributed by atoms with Crippen LogP contribution in [0.2, 0.25) is 0 Å². The molecule has 9 heteroatoms. The molecule has 0 saturated heterocycles. The van der Waals surface area contributed by atoms with E-state index >= 15 is 0 Å². The smallest absolute Gasteiger partial charge is 0.387 e. The molecule has 0 saturated carbocycles. The third-order valence-corrected chi connectivity index (χ3v) is 13.6. The zero-order valence-electron chi connectivity index (χ0n) is 48.7. The molecule has 0 aromatic heterocycles. The number of carbonyl (C=O) groups is 1. The lowest BCUT2D eigenvalue weighted by atomic mass is 10.0. The summed E-state index contributed by atoms with van der Waals surface area (Å²) < 4.78 is 23.7. The van der Waals surface area contributed by atoms with E-state index in [1.807, 2.05) is 27.2 Å². The van der Waals surface area contributed by atoms with Gasteiger partial charge in [-0.15, -0.1) is 0 Å². The summed E-state index contributed by atoms with van der Waals surface area (Å²) in [7, 11) is 1.54. The molecule has 3 N–H and O–H groups in total. The van der Waals surface area contributed by atoms with Crippen molar-refractivity contribution in [2.75, 3.05) is 40.9 Å². The van der Waals surface area contributed by atoms with E-state index in [0.717, 1.165) is 96.3 Å². The minimum atomic E-state index is -4.36. The molecule has 0 aromatic carbocycles. The Morgan fingerprint density at radius 1 is 0.467 bits per heavy atom. The summed E-state index contributed by atoms with van der Waals surface area (Å²) in [5.41, 5.74) is 0. The van der Waals surface area contributed by atoms with Gasteiger partial charge >= 0.3 is 7.82 Å². The second kappa shape index (κ2) is 55.4. The van der Waals surface area contributed by atoms with Crippen molar-refractivity contribution in [1.82, 2.24) is 5.32 Å². The molecule has 8 nitrogen and oxygen atoms in total. The number of amides is 1. The second-order valence-electron chi connectivity index (χ2n) is 21.0. The third-order valence-electron chi connectivity index (χ3n) is 12.6. The van der Waals surface area contributed by atoms with Gasteiger partial charge < -0.3 is 19.8 Å². The van der Waals surface area contributed by atoms with E-state index in [0.29, 0.717) is 17.4 Å². The molecule has 428 valence electrons. The Bertz CT molecular complexity index is 1680. The second-order valence-corrected chi connectivity index (χ2v) is 22.4. The summed E-state index contributed by atoms with van der Waals surface area (Å²) in [4.78, 5) is 23.3. The van der Waals surface area contributed by atoms with Crippen molar-refractivity contribution in [1.29, 1.82) is 0 Å². The van der Waals surface area contributed by atoms with Crippen LogP contribution in [-0.2, 0) is 18.4 Å². The predicted molar refractivity (Wildman–Crippen MR) is 327 cm³/mol. The van der Waals surface area contributed by atoms with Gasteiger partial charge in [0.05, 0.1) is 39.9 Å². The SMILES string of the molecule is CC/C=C\C/C=C\C/C=C\C/C=C\C/C=C\C/C=C\C/C=C\C/C=C\C/C=C\CCCCCCCCCCCCCC(=O)NC(COP(=O)(O)OCC[N+](C)(C)C)C(O)/C=C/CC/C=C/CCCCCCCCCC. The van der Waals surface area contributed by atoms with Crippen LogP contribution in [0.5, 0.6) is 0 Å². The van der Waals surface area contributed by atoms with Crippen LogP contribution >= 0.6 is 7.82 Å². The fourth-order valence-electron chi connectivity index (χ4n) is 7.93. The molecule has 1 amide bonds. The average molecular weight is 1060 g/mol. The van der Waals surface area contributed by atoms with Crippen molar-refractivity contribution in [2.24, 2.45) is 0 Å². The van der Waals surface area contributed by atoms with E-state index in [1.54, 1.807) is 6.08 Å². The molecular weight excluding hydrogens is 948 g/mol. The Morgan fingerprint density at radius 2 is 0.813 bits per heavy atom. The molecule has 0 radical (unpaired) electrons. The number of hydrogen-bond donors (Lipinski definition) is 3. The summed E-state index contributed by atoms with van der Waals surface area (Å²) in [6, 6.07) is -0.873. The molecule has 0 aromatic rings. The highest BCUT2D eigenvalue weighted by atomic mass is 31.2. The maximum atomic E-state index is 13.0. The van der Waals surface area contributed by atoms with Crippen molar-refractivity contribution in [3.63, 3.8) is 0 Å². The van der Waals surface area contributed by atoms with Gasteiger partial charge in [0.25, 0.3) is 0 Å². The number of carbonyl (C=O) groups excluding carboxylic acids is 1. The van der Waals surface area contributed by atoms with Crippen LogP contribution in [-0.4, -0.2) is 73.4 Å². The first-order valence-electron chi connectivity index (χ1n) is 30.1. The minimum Gasteiger partial charge on any atom is -0.387 e. The highest BCUT2D eigenvalue weighted by Crippen LogP contribution is 2.43. The lowest BCUT2D eigenvalue weighted by Gasteiger charge is -2.25. The van der Waals surface area contributed by atoms with Crippen molar-refractivity contribution in [3.8, 4) is 0 Å². The normalized spacial score (nSPS) is 14.8. The lowest BCUT2D eigenvalue weighted by Crippen LogP contribution is -2.45. The maximum absolute atomic E-state index is 13.0. The number of hydrogen-bond acceptors (Lipinski definition) is 5. The van der Waals surface area contributed by atoms with E-state index in [9.17, 15) is 19.4 Å². The first kappa shape index (κ1) is 71.6. The number of likely N-dealkylation sites (N-methyl/N-ethyl adjacent to an activating group) is 1. The largest absolute Gasteiger partial charge is 0.472 e. The van der Waals surface area contributed by atoms with Gasteiger partial charge in [-0.25, -0.2) is 4.57 Å². The van der Waals surface area contributed by atoms with Crippen molar-refractivity contribution in [2.45, 2.75) is 238 Å². The number of phosphoric ester groups is 1. The first-order valence-corrected chi connectivity index (χ1v) is 31.6. The van der Waals surface area contributed by atoms with Crippen LogP contribution in [0.4, 0.5) is 0 Å². The van der Waals surface area contributed by atoms with Gasteiger partial charge in [0.1, 0.15) is 13.2 Å². The molecule has 0 aliphatic heterocycles. The molecule has 3 atom stereocenters. The highest BCUT2D eigenvalue weighted by molar-refractivity contribution is 7.47. The van der Waals surface area contributed by atoms with Gasteiger partial charge in [0.2, 0.25) is 5.91 Å². The number of quaternary nitrogens is 1. The summed E-state index contributed by atoms with van der Waals surface area (Å²) in [6.45, 7) is 4.66. The quantitative estimate of drug-likeness (QED) is 0.0243. The van der Waals surface area contributed by atoms with Gasteiger partial charge in [0, 0.05) is 6.42 Å². The van der Waals surface area contributed by atoms with Crippen molar-refractivity contribution < 1.29 is 32.9 Å². The Balaban J connectivity index is 4.11. The minimum absolute atomic E-state index is 0.0497. The standard InChI is InChI=1S/C66H113N2O6P/c1-6-8-10-12-14-16-18-20-22-23-24-25-26-27-28-29-30-31-32-33-34-35-36-37-38-39-40-41-42-43-44-45-46-48-50-52-54-56-58-60-66(70)67-64(63-74-75(71,72)73-62-61-68(3,4)5)65(69)59-57-55-53-51-49-47-21-19-17-15-13-11-9-7-2/h8,10,14,16,20,22,24-25,27-28,30-31,33-34,36-37,39-40,49,51,57,59,64-65,69H,6-7,9,11-13,15,17-19,21,23,26,29,32,35,38,41-48,50,52-56,58,60-63H2,1-5H3,(H-,67,70,71,72)/p+1/b10-8-,16-14-,22-20-,25-24-,28-27-,31-30-,34-33-,37-36-,40-39-,51-49+,59-57+. The number of aliphatic hydroxyl groups is 1. The Morgan fingerprint density at radius 3 is 1.23 bits per heavy atom. The fraction of sp³-hybridized carbons (Fsp3) is 0.652. The highest BCUT2D eigenvalue weighted by Gasteiger charge is 2.27. The van der Waals surface area contributed by atoms with E-state index in [1.165, 1.54) is 109 Å². The van der Waals surface area contributed by atoms with E-state index in [4.69, 9.17) is 9.05 Å². The zero-order chi connectivity index (χ0) is 54.9. The monoisotopic (exact) mass is 1060 g/mol. The molecule has 0 aliphatic carbocycles. The molecule has 0 bridgehead atoms. The van der Waals surface area contributed by atoms with Gasteiger partial charge in [0.15, 0.2) is 0 Å². The predicted octanol–water partition coefficient (Wildman–Crippen LogP) is 18.7. The van der Waals surface area contributed by atoms with Gasteiger partial charge in [-0.05, 0) is 103 Å². The van der Waals surface area contributed by atoms with Gasteiger partial charge in [-0.3, -0.25) is 13.8 Å². The van der Waals surface area contributed by atoms with Crippen LogP contribution in [0.15, 0.2) is 134 Å². The Labute approximate surface area is 462 Å². The molecule has 0 fully saturated rings. The zero-order valence-corrected chi connectivity index (χ0v) is 49.6. The maximum Gasteiger partial charge on any atom is 0.472 e. The van der Waals surface area contributed by atoms with Crippen molar-refractivity contribution >= 4 is 13.7 Å². The molecule has 0 spiro atoms. The van der Waals surface area contributed by atoms with E-state index in [-0.39, 0.29) is 19.1 Å². The van der Waals surface area contributed by atoms with Crippen LogP contribution < -0.4 is 5.32 Å². The van der Waals surface area contributed by atoms with Crippen LogP contribution in [0.25, 0.3) is 0 Å². The Kier molecular flexibility index (Phi) is 52.9. The molecule has 3 unspecified atom stereocenters. The molecule has 0 heterocycles. The number of unbranched alkanes of at least 4 members (excludes halogenated alkanes) is 20. The van der Waals surface area contributed by atoms with Crippen molar-refractivity contribution in [3.05, 3.63) is 134 Å². The summed E-state index contributed by atoms with van der Waals surface area (Å²) >= 11 is 0. The molecular formula is C66H114N2O6P+. The van der Waals surface area contributed by atoms with Crippen LogP contribution in [0.1, 0.15) is 226 Å². The van der Waals surface area contributed by atoms with E-state index in [2.05, 4.69) is 141 Å². The summed E-state index contributed by atoms with van der Waals surface area (Å²) in [6.07, 6.45) is 84.2. The number of allylic oxidation sites excluding steroid dienone is 21. The van der Waals surface area contributed by atoms with Crippen LogP contribution in [0, 0.1) is 0 Å². The summed E-state index contributed by atoms with van der Waals surface area (Å²) in [5.74, 6) is -0.196. The van der Waals surface area contributed by atoms with Crippen LogP contribution in [0.3, 0.4) is 0 Å². The molecule has 75 heavy (non-hydrogen) atoms. The number of nitrogens with one attached hydrogen (secondary N) is 1. The average Bonchev–Trinajstić information content (AvgIpc) is 3.37. The number of rotatable bonds is 53. The number of aliphatic hydroxyl groups excluding tert-OH is 1.